The quantitative estimate of drug-likeness (QED) is 0.720. The minimum absolute atomic E-state index is 0.395. The highest BCUT2D eigenvalue weighted by Crippen LogP contribution is 2.26. The molecule has 0 bridgehead atoms. The van der Waals surface area contributed by atoms with Gasteiger partial charge in [-0.1, -0.05) is 24.3 Å². The fraction of sp³-hybridized carbons (Fsp3) is 0.0667. The number of nitrogens with two attached hydrogens (primary N) is 1. The Morgan fingerprint density at radius 3 is 2.74 bits per heavy atom. The molecule has 0 spiro atoms. The Morgan fingerprint density at radius 1 is 1.16 bits per heavy atom. The van der Waals surface area contributed by atoms with Gasteiger partial charge < -0.3 is 5.73 Å². The van der Waals surface area contributed by atoms with E-state index >= 15 is 0 Å². The van der Waals surface area contributed by atoms with Crippen molar-refractivity contribution in [1.82, 2.24) is 9.55 Å². The molecule has 4 heteroatoms. The number of hydrogen-bond donors (Lipinski definition) is 1. The maximum atomic E-state index is 9.21. The van der Waals surface area contributed by atoms with Crippen LogP contribution in [-0.2, 0) is 0 Å². The third kappa shape index (κ3) is 1.64. The molecule has 2 aromatic carbocycles. The van der Waals surface area contributed by atoms with Gasteiger partial charge in [-0.2, -0.15) is 5.26 Å². The van der Waals surface area contributed by atoms with Crippen LogP contribution in [0.3, 0.4) is 0 Å². The van der Waals surface area contributed by atoms with Gasteiger partial charge in [0.2, 0.25) is 5.95 Å². The molecule has 0 saturated heterocycles. The van der Waals surface area contributed by atoms with Crippen LogP contribution in [0.25, 0.3) is 16.7 Å². The zero-order valence-corrected chi connectivity index (χ0v) is 10.5. The highest BCUT2D eigenvalue weighted by Gasteiger charge is 2.13. The minimum Gasteiger partial charge on any atom is -0.369 e. The number of imidazole rings is 1. The second kappa shape index (κ2) is 4.14. The zero-order chi connectivity index (χ0) is 13.4. The second-order valence-electron chi connectivity index (χ2n) is 4.38. The number of nitrogen functional groups attached to an aromatic ring is 1. The largest absolute Gasteiger partial charge is 0.369 e. The number of nitrogens with zero attached hydrogens (tertiary/aromatic N) is 3. The third-order valence-corrected chi connectivity index (χ3v) is 3.18. The van der Waals surface area contributed by atoms with Crippen molar-refractivity contribution in [2.24, 2.45) is 0 Å². The van der Waals surface area contributed by atoms with Crippen LogP contribution in [0.15, 0.2) is 42.5 Å². The lowest BCUT2D eigenvalue weighted by Crippen LogP contribution is -2.02. The maximum absolute atomic E-state index is 9.21. The minimum atomic E-state index is 0.395. The normalized spacial score (nSPS) is 10.5. The van der Waals surface area contributed by atoms with Crippen molar-refractivity contribution in [3.63, 3.8) is 0 Å². The average molecular weight is 248 g/mol. The van der Waals surface area contributed by atoms with Gasteiger partial charge in [-0.15, -0.1) is 0 Å². The molecule has 0 aliphatic heterocycles. The molecule has 0 atom stereocenters. The first kappa shape index (κ1) is 11.3. The Labute approximate surface area is 110 Å². The number of nitriles is 1. The molecule has 0 amide bonds. The first-order chi connectivity index (χ1) is 9.22. The molecule has 0 fully saturated rings. The monoisotopic (exact) mass is 248 g/mol. The van der Waals surface area contributed by atoms with Crippen LogP contribution in [0, 0.1) is 18.3 Å². The number of para-hydroxylation sites is 2. The van der Waals surface area contributed by atoms with Crippen LogP contribution in [0.2, 0.25) is 0 Å². The summed E-state index contributed by atoms with van der Waals surface area (Å²) in [6.07, 6.45) is 0. The molecule has 0 aliphatic rings. The summed E-state index contributed by atoms with van der Waals surface area (Å²) in [5, 5.41) is 9.21. The molecule has 1 aromatic heterocycles. The molecule has 92 valence electrons. The van der Waals surface area contributed by atoms with Gasteiger partial charge in [-0.3, -0.25) is 4.57 Å². The predicted octanol–water partition coefficient (Wildman–Crippen LogP) is 2.79. The van der Waals surface area contributed by atoms with Gasteiger partial charge in [-0.25, -0.2) is 4.98 Å². The van der Waals surface area contributed by atoms with Crippen LogP contribution in [0.5, 0.6) is 0 Å². The van der Waals surface area contributed by atoms with Crippen LogP contribution in [-0.4, -0.2) is 9.55 Å². The summed E-state index contributed by atoms with van der Waals surface area (Å²) < 4.78 is 1.82. The fourth-order valence-electron chi connectivity index (χ4n) is 2.27. The number of benzene rings is 2. The average Bonchev–Trinajstić information content (AvgIpc) is 2.76. The van der Waals surface area contributed by atoms with E-state index in [9.17, 15) is 5.26 Å². The number of hydrogen-bond acceptors (Lipinski definition) is 3. The van der Waals surface area contributed by atoms with Crippen molar-refractivity contribution in [3.8, 4) is 11.8 Å². The number of aromatic nitrogens is 2. The van der Waals surface area contributed by atoms with E-state index in [-0.39, 0.29) is 0 Å². The Kier molecular flexibility index (Phi) is 2.46. The van der Waals surface area contributed by atoms with Crippen LogP contribution >= 0.6 is 0 Å². The lowest BCUT2D eigenvalue weighted by Gasteiger charge is -2.08. The molecule has 1 heterocycles. The summed E-state index contributed by atoms with van der Waals surface area (Å²) in [4.78, 5) is 4.40. The lowest BCUT2D eigenvalue weighted by atomic mass is 10.1. The number of fused-ring (bicyclic) bond motifs is 1. The van der Waals surface area contributed by atoms with E-state index < -0.39 is 0 Å². The number of aryl methyl sites for hydroxylation is 1. The highest BCUT2D eigenvalue weighted by atomic mass is 15.2. The smallest absolute Gasteiger partial charge is 0.205 e. The molecule has 0 aliphatic carbocycles. The SMILES string of the molecule is Cc1cccc2c1nc(N)n2-c1ccccc1C#N. The summed E-state index contributed by atoms with van der Waals surface area (Å²) in [6.45, 7) is 2.00. The van der Waals surface area contributed by atoms with Crippen molar-refractivity contribution < 1.29 is 0 Å². The molecular weight excluding hydrogens is 236 g/mol. The molecule has 4 nitrogen and oxygen atoms in total. The molecular formula is C15H12N4. The van der Waals surface area contributed by atoms with E-state index in [2.05, 4.69) is 11.1 Å². The van der Waals surface area contributed by atoms with Gasteiger partial charge in [0.25, 0.3) is 0 Å². The molecule has 3 aromatic rings. The van der Waals surface area contributed by atoms with Crippen molar-refractivity contribution in [3.05, 3.63) is 53.6 Å². The Hall–Kier alpha value is -2.80. The van der Waals surface area contributed by atoms with Crippen molar-refractivity contribution in [2.75, 3.05) is 5.73 Å². The van der Waals surface area contributed by atoms with Gasteiger partial charge in [0.1, 0.15) is 6.07 Å². The number of anilines is 1. The highest BCUT2D eigenvalue weighted by molar-refractivity contribution is 5.84. The number of rotatable bonds is 1. The van der Waals surface area contributed by atoms with Crippen LogP contribution < -0.4 is 5.73 Å². The Morgan fingerprint density at radius 2 is 1.95 bits per heavy atom. The van der Waals surface area contributed by atoms with E-state index in [0.717, 1.165) is 22.3 Å². The molecule has 2 N–H and O–H groups in total. The summed E-state index contributed by atoms with van der Waals surface area (Å²) in [5.74, 6) is 0.395. The maximum Gasteiger partial charge on any atom is 0.205 e. The summed E-state index contributed by atoms with van der Waals surface area (Å²) >= 11 is 0. The van der Waals surface area contributed by atoms with Crippen molar-refractivity contribution in [1.29, 1.82) is 5.26 Å². The fourth-order valence-corrected chi connectivity index (χ4v) is 2.27. The summed E-state index contributed by atoms with van der Waals surface area (Å²) in [7, 11) is 0. The van der Waals surface area contributed by atoms with Gasteiger partial charge >= 0.3 is 0 Å². The first-order valence-corrected chi connectivity index (χ1v) is 5.95. The first-order valence-electron chi connectivity index (χ1n) is 5.95. The van der Waals surface area contributed by atoms with Gasteiger partial charge in [0.05, 0.1) is 22.3 Å². The topological polar surface area (TPSA) is 67.6 Å². The van der Waals surface area contributed by atoms with Crippen molar-refractivity contribution >= 4 is 17.0 Å². The molecule has 0 unspecified atom stereocenters. The Bertz CT molecular complexity index is 809. The third-order valence-electron chi connectivity index (χ3n) is 3.18. The van der Waals surface area contributed by atoms with E-state index in [1.165, 1.54) is 0 Å². The Balaban J connectivity index is 2.41. The van der Waals surface area contributed by atoms with E-state index in [4.69, 9.17) is 5.73 Å². The molecule has 19 heavy (non-hydrogen) atoms. The van der Waals surface area contributed by atoms with E-state index in [0.29, 0.717) is 11.5 Å². The molecule has 3 rings (SSSR count). The molecule has 0 radical (unpaired) electrons. The van der Waals surface area contributed by atoms with E-state index in [1.54, 1.807) is 6.07 Å². The van der Waals surface area contributed by atoms with Crippen LogP contribution in [0.4, 0.5) is 5.95 Å². The van der Waals surface area contributed by atoms with Crippen LogP contribution in [0.1, 0.15) is 11.1 Å². The zero-order valence-electron chi connectivity index (χ0n) is 10.5. The van der Waals surface area contributed by atoms with E-state index in [1.807, 2.05) is 47.9 Å². The lowest BCUT2D eigenvalue weighted by molar-refractivity contribution is 1.10. The van der Waals surface area contributed by atoms with Gasteiger partial charge in [-0.05, 0) is 30.7 Å². The second-order valence-corrected chi connectivity index (χ2v) is 4.38. The standard InChI is InChI=1S/C15H12N4/c1-10-5-4-8-13-14(10)18-15(17)19(13)12-7-3-2-6-11(12)9-16/h2-8H,1H3,(H2,17,18). The predicted molar refractivity (Wildman–Crippen MR) is 74.9 cm³/mol. The summed E-state index contributed by atoms with van der Waals surface area (Å²) in [6, 6.07) is 15.5. The summed E-state index contributed by atoms with van der Waals surface area (Å²) in [5.41, 5.74) is 10.2. The van der Waals surface area contributed by atoms with Gasteiger partial charge in [0, 0.05) is 0 Å². The van der Waals surface area contributed by atoms with Gasteiger partial charge in [0.15, 0.2) is 0 Å². The molecule has 0 saturated carbocycles. The van der Waals surface area contributed by atoms with Crippen molar-refractivity contribution in [2.45, 2.75) is 6.92 Å².